The molecule has 1 N–H and O–H groups in total. The number of benzene rings is 2. The van der Waals surface area contributed by atoms with E-state index in [-0.39, 0.29) is 11.9 Å². The van der Waals surface area contributed by atoms with E-state index < -0.39 is 0 Å². The number of hydrogen-bond acceptors (Lipinski definition) is 3. The van der Waals surface area contributed by atoms with Crippen LogP contribution in [0, 0.1) is 12.8 Å². The maximum atomic E-state index is 12.7. The molecular formula is C24H31N3O. The topological polar surface area (TPSA) is 35.6 Å². The molecule has 1 saturated carbocycles. The Morgan fingerprint density at radius 1 is 1.04 bits per heavy atom. The summed E-state index contributed by atoms with van der Waals surface area (Å²) in [4.78, 5) is 17.4. The van der Waals surface area contributed by atoms with Crippen LogP contribution in [-0.2, 0) is 11.2 Å². The zero-order valence-electron chi connectivity index (χ0n) is 17.0. The van der Waals surface area contributed by atoms with Crippen molar-refractivity contribution in [2.24, 2.45) is 5.92 Å². The van der Waals surface area contributed by atoms with Gasteiger partial charge in [0.1, 0.15) is 0 Å². The number of carbonyl (C=O) groups is 1. The molecule has 4 nitrogen and oxygen atoms in total. The van der Waals surface area contributed by atoms with Gasteiger partial charge in [-0.2, -0.15) is 0 Å². The molecule has 2 aromatic carbocycles. The summed E-state index contributed by atoms with van der Waals surface area (Å²) in [6, 6.07) is 17.0. The van der Waals surface area contributed by atoms with Gasteiger partial charge in [-0.05, 0) is 62.3 Å². The highest BCUT2D eigenvalue weighted by atomic mass is 16.2. The molecule has 1 heterocycles. The van der Waals surface area contributed by atoms with Gasteiger partial charge >= 0.3 is 0 Å². The number of amides is 1. The van der Waals surface area contributed by atoms with Gasteiger partial charge in [-0.3, -0.25) is 4.79 Å². The van der Waals surface area contributed by atoms with Gasteiger partial charge in [0, 0.05) is 25.7 Å². The van der Waals surface area contributed by atoms with Gasteiger partial charge < -0.3 is 15.1 Å². The van der Waals surface area contributed by atoms with E-state index in [0.29, 0.717) is 6.54 Å². The van der Waals surface area contributed by atoms with Gasteiger partial charge in [0.25, 0.3) is 0 Å². The third-order valence-electron chi connectivity index (χ3n) is 5.91. The molecule has 1 amide bonds. The fourth-order valence-electron chi connectivity index (χ4n) is 4.16. The van der Waals surface area contributed by atoms with E-state index in [4.69, 9.17) is 0 Å². The fraction of sp³-hybridized carbons (Fsp3) is 0.458. The Morgan fingerprint density at radius 2 is 1.68 bits per heavy atom. The molecule has 1 fully saturated rings. The second-order valence-electron chi connectivity index (χ2n) is 8.40. The lowest BCUT2D eigenvalue weighted by molar-refractivity contribution is -0.120. The molecule has 4 rings (SSSR count). The van der Waals surface area contributed by atoms with E-state index >= 15 is 0 Å². The first-order valence-electron chi connectivity index (χ1n) is 10.5. The Balaban J connectivity index is 1.36. The first-order valence-corrected chi connectivity index (χ1v) is 10.5. The van der Waals surface area contributed by atoms with E-state index in [1.807, 2.05) is 0 Å². The number of rotatable bonds is 7. The summed E-state index contributed by atoms with van der Waals surface area (Å²) >= 11 is 0. The second kappa shape index (κ2) is 8.26. The Kier molecular flexibility index (Phi) is 5.56. The molecule has 148 valence electrons. The first kappa shape index (κ1) is 18.9. The van der Waals surface area contributed by atoms with Crippen LogP contribution in [0.15, 0.2) is 48.5 Å². The van der Waals surface area contributed by atoms with Crippen LogP contribution in [0.2, 0.25) is 0 Å². The molecule has 0 aromatic heterocycles. The van der Waals surface area contributed by atoms with Crippen molar-refractivity contribution in [3.8, 4) is 0 Å². The summed E-state index contributed by atoms with van der Waals surface area (Å²) in [5.41, 5.74) is 5.05. The van der Waals surface area contributed by atoms with Crippen molar-refractivity contribution in [1.29, 1.82) is 0 Å². The van der Waals surface area contributed by atoms with Crippen LogP contribution >= 0.6 is 0 Å². The average Bonchev–Trinajstić information content (AvgIpc) is 3.50. The van der Waals surface area contributed by atoms with Crippen LogP contribution in [0.3, 0.4) is 0 Å². The minimum atomic E-state index is 0.103. The molecule has 0 radical (unpaired) electrons. The maximum Gasteiger partial charge on any atom is 0.239 e. The number of anilines is 2. The smallest absolute Gasteiger partial charge is 0.239 e. The van der Waals surface area contributed by atoms with Crippen LogP contribution in [0.25, 0.3) is 0 Å². The van der Waals surface area contributed by atoms with Gasteiger partial charge in [-0.1, -0.05) is 36.4 Å². The zero-order chi connectivity index (χ0) is 19.5. The molecule has 0 spiro atoms. The lowest BCUT2D eigenvalue weighted by Crippen LogP contribution is -2.47. The summed E-state index contributed by atoms with van der Waals surface area (Å²) < 4.78 is 0. The molecular weight excluding hydrogens is 346 g/mol. The van der Waals surface area contributed by atoms with Gasteiger partial charge in [0.2, 0.25) is 5.91 Å². The number of nitrogens with zero attached hydrogens (tertiary/aromatic N) is 2. The van der Waals surface area contributed by atoms with Crippen molar-refractivity contribution in [1.82, 2.24) is 5.32 Å². The van der Waals surface area contributed by atoms with Crippen molar-refractivity contribution in [2.75, 3.05) is 36.0 Å². The normalized spacial score (nSPS) is 17.2. The maximum absolute atomic E-state index is 12.7. The Bertz CT molecular complexity index is 830. The van der Waals surface area contributed by atoms with Crippen molar-refractivity contribution < 1.29 is 4.79 Å². The van der Waals surface area contributed by atoms with Gasteiger partial charge in [-0.25, -0.2) is 0 Å². The zero-order valence-corrected chi connectivity index (χ0v) is 17.0. The van der Waals surface area contributed by atoms with Crippen molar-refractivity contribution in [3.05, 3.63) is 59.7 Å². The first-order chi connectivity index (χ1) is 13.6. The number of hydrogen-bond donors (Lipinski definition) is 1. The van der Waals surface area contributed by atoms with Crippen LogP contribution in [0.4, 0.5) is 11.4 Å². The summed E-state index contributed by atoms with van der Waals surface area (Å²) in [5.74, 6) is 0.969. The highest BCUT2D eigenvalue weighted by Crippen LogP contribution is 2.37. The lowest BCUT2D eigenvalue weighted by Gasteiger charge is -2.38. The fourth-order valence-corrected chi connectivity index (χ4v) is 4.16. The Hall–Kier alpha value is -2.49. The monoisotopic (exact) mass is 377 g/mol. The van der Waals surface area contributed by atoms with E-state index in [1.54, 1.807) is 0 Å². The third kappa shape index (κ3) is 4.49. The second-order valence-corrected chi connectivity index (χ2v) is 8.40. The molecule has 1 atom stereocenters. The summed E-state index contributed by atoms with van der Waals surface area (Å²) in [7, 11) is 0. The molecule has 0 saturated heterocycles. The molecule has 1 unspecified atom stereocenters. The number of aryl methyl sites for hydroxylation is 1. The molecule has 1 aliphatic carbocycles. The van der Waals surface area contributed by atoms with Crippen LogP contribution in [0.1, 0.15) is 30.9 Å². The Morgan fingerprint density at radius 3 is 2.39 bits per heavy atom. The SMILES string of the molecule is Cc1ccccc1CC(C)NC(=O)CN1CCN(CC2CC2)c2ccccc21. The quantitative estimate of drug-likeness (QED) is 0.798. The number of nitrogens with one attached hydrogen (secondary N) is 1. The predicted molar refractivity (Wildman–Crippen MR) is 116 cm³/mol. The van der Waals surface area contributed by atoms with Crippen LogP contribution in [0.5, 0.6) is 0 Å². The summed E-state index contributed by atoms with van der Waals surface area (Å²) in [6.07, 6.45) is 3.59. The van der Waals surface area contributed by atoms with Gasteiger partial charge in [-0.15, -0.1) is 0 Å². The molecule has 2 aromatic rings. The Labute approximate surface area is 168 Å². The van der Waals surface area contributed by atoms with Crippen LogP contribution in [-0.4, -0.2) is 38.1 Å². The minimum absolute atomic E-state index is 0.103. The molecule has 2 aliphatic rings. The molecule has 4 heteroatoms. The summed E-state index contributed by atoms with van der Waals surface area (Å²) in [5, 5.41) is 3.19. The predicted octanol–water partition coefficient (Wildman–Crippen LogP) is 3.78. The van der Waals surface area contributed by atoms with E-state index in [0.717, 1.165) is 32.0 Å². The third-order valence-corrected chi connectivity index (χ3v) is 5.91. The highest BCUT2D eigenvalue weighted by Gasteiger charge is 2.29. The largest absolute Gasteiger partial charge is 0.368 e. The molecule has 0 bridgehead atoms. The summed E-state index contributed by atoms with van der Waals surface area (Å²) in [6.45, 7) is 7.70. The highest BCUT2D eigenvalue weighted by molar-refractivity contribution is 5.84. The minimum Gasteiger partial charge on any atom is -0.368 e. The van der Waals surface area contributed by atoms with Gasteiger partial charge in [0.05, 0.1) is 17.9 Å². The number of carbonyl (C=O) groups excluding carboxylic acids is 1. The van der Waals surface area contributed by atoms with E-state index in [1.165, 1.54) is 35.3 Å². The van der Waals surface area contributed by atoms with E-state index in [9.17, 15) is 4.79 Å². The van der Waals surface area contributed by atoms with Crippen molar-refractivity contribution in [3.63, 3.8) is 0 Å². The van der Waals surface area contributed by atoms with Crippen molar-refractivity contribution in [2.45, 2.75) is 39.2 Å². The van der Waals surface area contributed by atoms with Gasteiger partial charge in [0.15, 0.2) is 0 Å². The molecule has 1 aliphatic heterocycles. The number of fused-ring (bicyclic) bond motifs is 1. The number of para-hydroxylation sites is 2. The van der Waals surface area contributed by atoms with E-state index in [2.05, 4.69) is 77.5 Å². The lowest BCUT2D eigenvalue weighted by atomic mass is 10.0. The van der Waals surface area contributed by atoms with Crippen LogP contribution < -0.4 is 15.1 Å². The standard InChI is InChI=1S/C24H31N3O/c1-18-7-3-4-8-21(18)15-19(2)25-24(28)17-27-14-13-26(16-20-11-12-20)22-9-5-6-10-23(22)27/h3-10,19-20H,11-17H2,1-2H3,(H,25,28). The van der Waals surface area contributed by atoms with Crippen molar-refractivity contribution >= 4 is 17.3 Å². The average molecular weight is 378 g/mol. The molecule has 28 heavy (non-hydrogen) atoms.